The van der Waals surface area contributed by atoms with Crippen LogP contribution in [0.4, 0.5) is 10.1 Å². The van der Waals surface area contributed by atoms with E-state index in [1.165, 1.54) is 24.3 Å². The molecule has 0 unspecified atom stereocenters. The van der Waals surface area contributed by atoms with Crippen molar-refractivity contribution in [2.24, 2.45) is 0 Å². The van der Waals surface area contributed by atoms with Crippen molar-refractivity contribution < 1.29 is 17.6 Å². The summed E-state index contributed by atoms with van der Waals surface area (Å²) in [5, 5.41) is 2.80. The Morgan fingerprint density at radius 3 is 2.10 bits per heavy atom. The Morgan fingerprint density at radius 2 is 1.50 bits per heavy atom. The molecule has 0 aliphatic rings. The molecule has 30 heavy (non-hydrogen) atoms. The van der Waals surface area contributed by atoms with Crippen molar-refractivity contribution in [1.82, 2.24) is 5.32 Å². The second-order valence-corrected chi connectivity index (χ2v) is 8.78. The quantitative estimate of drug-likeness (QED) is 0.593. The zero-order valence-electron chi connectivity index (χ0n) is 16.5. The highest BCUT2D eigenvalue weighted by Crippen LogP contribution is 2.23. The average Bonchev–Trinajstić information content (AvgIpc) is 2.77. The minimum atomic E-state index is -4.00. The number of rotatable bonds is 8. The SMILES string of the molecule is C[C@H](CNC(=O)CN(c1ccc(F)cc1)S(=O)(=O)c1ccccc1)c1ccccc1. The Labute approximate surface area is 176 Å². The van der Waals surface area contributed by atoms with Gasteiger partial charge in [-0.15, -0.1) is 0 Å². The Kier molecular flexibility index (Phi) is 6.84. The lowest BCUT2D eigenvalue weighted by atomic mass is 10.0. The first-order valence-electron chi connectivity index (χ1n) is 9.53. The standard InChI is InChI=1S/C23H23FN2O3S/c1-18(19-8-4-2-5-9-19)16-25-23(27)17-26(21-14-12-20(24)13-15-21)30(28,29)22-10-6-3-7-11-22/h2-15,18H,16-17H2,1H3,(H,25,27)/t18-/m1/s1. The lowest BCUT2D eigenvalue weighted by molar-refractivity contribution is -0.119. The summed E-state index contributed by atoms with van der Waals surface area (Å²) in [7, 11) is -4.00. The van der Waals surface area contributed by atoms with Crippen molar-refractivity contribution in [1.29, 1.82) is 0 Å². The van der Waals surface area contributed by atoms with Gasteiger partial charge in [0, 0.05) is 6.54 Å². The molecule has 1 atom stereocenters. The number of sulfonamides is 1. The molecule has 0 radical (unpaired) electrons. The Bertz CT molecular complexity index is 1070. The Hall–Kier alpha value is -3.19. The molecule has 3 aromatic rings. The van der Waals surface area contributed by atoms with Gasteiger partial charge in [-0.3, -0.25) is 9.10 Å². The first-order valence-corrected chi connectivity index (χ1v) is 11.0. The zero-order chi connectivity index (χ0) is 21.6. The molecule has 1 N–H and O–H groups in total. The molecular weight excluding hydrogens is 403 g/mol. The number of hydrogen-bond donors (Lipinski definition) is 1. The fourth-order valence-electron chi connectivity index (χ4n) is 2.99. The lowest BCUT2D eigenvalue weighted by Crippen LogP contribution is -2.41. The van der Waals surface area contributed by atoms with Gasteiger partial charge in [-0.2, -0.15) is 0 Å². The highest BCUT2D eigenvalue weighted by molar-refractivity contribution is 7.92. The number of halogens is 1. The maximum absolute atomic E-state index is 13.4. The number of hydrogen-bond acceptors (Lipinski definition) is 3. The number of benzene rings is 3. The molecule has 0 heterocycles. The van der Waals surface area contributed by atoms with E-state index in [1.54, 1.807) is 18.2 Å². The highest BCUT2D eigenvalue weighted by Gasteiger charge is 2.27. The third kappa shape index (κ3) is 5.24. The van der Waals surface area contributed by atoms with Gasteiger partial charge in [0.15, 0.2) is 0 Å². The summed E-state index contributed by atoms with van der Waals surface area (Å²) in [5.74, 6) is -0.862. The summed E-state index contributed by atoms with van der Waals surface area (Å²) in [5.41, 5.74) is 1.29. The summed E-state index contributed by atoms with van der Waals surface area (Å²) in [4.78, 5) is 12.7. The molecule has 0 aliphatic carbocycles. The molecule has 5 nitrogen and oxygen atoms in total. The molecule has 3 rings (SSSR count). The molecule has 7 heteroatoms. The third-order valence-corrected chi connectivity index (χ3v) is 6.50. The predicted octanol–water partition coefficient (Wildman–Crippen LogP) is 3.94. The van der Waals surface area contributed by atoms with Crippen LogP contribution in [0.2, 0.25) is 0 Å². The van der Waals surface area contributed by atoms with Crippen LogP contribution >= 0.6 is 0 Å². The van der Waals surface area contributed by atoms with Crippen molar-refractivity contribution in [2.45, 2.75) is 17.7 Å². The van der Waals surface area contributed by atoms with Gasteiger partial charge in [0.05, 0.1) is 10.6 Å². The first-order chi connectivity index (χ1) is 14.4. The molecular formula is C23H23FN2O3S. The van der Waals surface area contributed by atoms with Crippen molar-refractivity contribution >= 4 is 21.6 Å². The second-order valence-electron chi connectivity index (χ2n) is 6.92. The summed E-state index contributed by atoms with van der Waals surface area (Å²) in [6.45, 7) is 1.93. The number of nitrogens with one attached hydrogen (secondary N) is 1. The van der Waals surface area contributed by atoms with Gasteiger partial charge in [0.2, 0.25) is 5.91 Å². The monoisotopic (exact) mass is 426 g/mol. The fraction of sp³-hybridized carbons (Fsp3) is 0.174. The second kappa shape index (κ2) is 9.54. The van der Waals surface area contributed by atoms with Crippen molar-refractivity contribution in [3.8, 4) is 0 Å². The molecule has 1 amide bonds. The van der Waals surface area contributed by atoms with Gasteiger partial charge >= 0.3 is 0 Å². The normalized spacial score (nSPS) is 12.2. The van der Waals surface area contributed by atoms with E-state index in [2.05, 4.69) is 5.32 Å². The number of anilines is 1. The molecule has 156 valence electrons. The maximum Gasteiger partial charge on any atom is 0.264 e. The van der Waals surface area contributed by atoms with E-state index in [9.17, 15) is 17.6 Å². The van der Waals surface area contributed by atoms with Gasteiger partial charge < -0.3 is 5.32 Å². The highest BCUT2D eigenvalue weighted by atomic mass is 32.2. The van der Waals surface area contributed by atoms with E-state index in [-0.39, 0.29) is 16.5 Å². The molecule has 0 spiro atoms. The van der Waals surface area contributed by atoms with Gasteiger partial charge in [0.1, 0.15) is 12.4 Å². The summed E-state index contributed by atoms with van der Waals surface area (Å²) < 4.78 is 40.7. The van der Waals surface area contributed by atoms with Crippen LogP contribution in [0.15, 0.2) is 89.8 Å². The van der Waals surface area contributed by atoms with Crippen molar-refractivity contribution in [2.75, 3.05) is 17.4 Å². The van der Waals surface area contributed by atoms with Crippen molar-refractivity contribution in [3.05, 3.63) is 96.3 Å². The van der Waals surface area contributed by atoms with Gasteiger partial charge in [0.25, 0.3) is 10.0 Å². The molecule has 0 saturated heterocycles. The molecule has 0 fully saturated rings. The van der Waals surface area contributed by atoms with Crippen LogP contribution < -0.4 is 9.62 Å². The molecule has 0 aromatic heterocycles. The average molecular weight is 427 g/mol. The number of nitrogens with zero attached hydrogens (tertiary/aromatic N) is 1. The van der Waals surface area contributed by atoms with Crippen LogP contribution in [0.25, 0.3) is 0 Å². The maximum atomic E-state index is 13.4. The number of carbonyl (C=O) groups is 1. The minimum absolute atomic E-state index is 0.0554. The van der Waals surface area contributed by atoms with E-state index >= 15 is 0 Å². The predicted molar refractivity (Wildman–Crippen MR) is 115 cm³/mol. The topological polar surface area (TPSA) is 66.5 Å². The molecule has 0 bridgehead atoms. The molecule has 0 saturated carbocycles. The first kappa shape index (κ1) is 21.5. The van der Waals surface area contributed by atoms with Crippen LogP contribution in [0.5, 0.6) is 0 Å². The zero-order valence-corrected chi connectivity index (χ0v) is 17.3. The Morgan fingerprint density at radius 1 is 0.933 bits per heavy atom. The molecule has 3 aromatic carbocycles. The Balaban J connectivity index is 1.79. The van der Waals surface area contributed by atoms with Gasteiger partial charge in [-0.05, 0) is 47.9 Å². The molecule has 0 aliphatic heterocycles. The van der Waals surface area contributed by atoms with E-state index < -0.39 is 28.3 Å². The van der Waals surface area contributed by atoms with Crippen LogP contribution in [0, 0.1) is 5.82 Å². The lowest BCUT2D eigenvalue weighted by Gasteiger charge is -2.24. The minimum Gasteiger partial charge on any atom is -0.354 e. The van der Waals surface area contributed by atoms with Crippen molar-refractivity contribution in [3.63, 3.8) is 0 Å². The third-order valence-electron chi connectivity index (χ3n) is 4.71. The summed E-state index contributed by atoms with van der Waals surface area (Å²) >= 11 is 0. The van der Waals surface area contributed by atoms with E-state index in [4.69, 9.17) is 0 Å². The van der Waals surface area contributed by atoms with E-state index in [0.29, 0.717) is 6.54 Å². The van der Waals surface area contributed by atoms with Crippen LogP contribution in [0.3, 0.4) is 0 Å². The smallest absolute Gasteiger partial charge is 0.264 e. The number of carbonyl (C=O) groups excluding carboxylic acids is 1. The van der Waals surface area contributed by atoms with E-state index in [1.807, 2.05) is 37.3 Å². The van der Waals surface area contributed by atoms with Crippen LogP contribution in [-0.4, -0.2) is 27.4 Å². The van der Waals surface area contributed by atoms with Gasteiger partial charge in [-0.1, -0.05) is 55.5 Å². The summed E-state index contributed by atoms with van der Waals surface area (Å²) in [6.07, 6.45) is 0. The largest absolute Gasteiger partial charge is 0.354 e. The summed E-state index contributed by atoms with van der Waals surface area (Å²) in [6, 6.07) is 22.6. The van der Waals surface area contributed by atoms with E-state index in [0.717, 1.165) is 22.0 Å². The number of amides is 1. The fourth-order valence-corrected chi connectivity index (χ4v) is 4.44. The van der Waals surface area contributed by atoms with Gasteiger partial charge in [-0.25, -0.2) is 12.8 Å². The van der Waals surface area contributed by atoms with Crippen LogP contribution in [0.1, 0.15) is 18.4 Å². The van der Waals surface area contributed by atoms with Crippen LogP contribution in [-0.2, 0) is 14.8 Å².